The Hall–Kier alpha value is -1.22. The molecule has 0 aliphatic rings. The van der Waals surface area contributed by atoms with E-state index in [1.165, 1.54) is 19.2 Å². The first-order chi connectivity index (χ1) is 7.77. The standard InChI is InChI=1S/C14H19FO2/c1-9-6-7-10(15)8-11(9)12(16)13(17-5)14(2,3)4/h6-8,13H,1-5H3. The second-order valence-electron chi connectivity index (χ2n) is 5.31. The molecule has 94 valence electrons. The number of benzene rings is 1. The minimum absolute atomic E-state index is 0.169. The Morgan fingerprint density at radius 2 is 1.94 bits per heavy atom. The number of hydrogen-bond donors (Lipinski definition) is 0. The normalized spacial score (nSPS) is 13.5. The fourth-order valence-corrected chi connectivity index (χ4v) is 1.85. The van der Waals surface area contributed by atoms with E-state index < -0.39 is 11.9 Å². The summed E-state index contributed by atoms with van der Waals surface area (Å²) in [5, 5.41) is 0. The number of ketones is 1. The van der Waals surface area contributed by atoms with Crippen LogP contribution in [0.25, 0.3) is 0 Å². The molecule has 3 heteroatoms. The summed E-state index contributed by atoms with van der Waals surface area (Å²) in [4.78, 5) is 12.3. The Bertz CT molecular complexity index is 419. The van der Waals surface area contributed by atoms with Crippen molar-refractivity contribution in [2.24, 2.45) is 5.41 Å². The molecule has 17 heavy (non-hydrogen) atoms. The molecule has 0 bridgehead atoms. The van der Waals surface area contributed by atoms with Gasteiger partial charge in [0.1, 0.15) is 11.9 Å². The molecular weight excluding hydrogens is 219 g/mol. The SMILES string of the molecule is COC(C(=O)c1cc(F)ccc1C)C(C)(C)C. The van der Waals surface area contributed by atoms with Crippen molar-refractivity contribution in [3.63, 3.8) is 0 Å². The first-order valence-electron chi connectivity index (χ1n) is 5.60. The van der Waals surface area contributed by atoms with Gasteiger partial charge in [-0.05, 0) is 30.0 Å². The zero-order valence-electron chi connectivity index (χ0n) is 11.0. The van der Waals surface area contributed by atoms with Gasteiger partial charge in [-0.2, -0.15) is 0 Å². The number of hydrogen-bond acceptors (Lipinski definition) is 2. The van der Waals surface area contributed by atoms with Crippen LogP contribution in [-0.4, -0.2) is 19.0 Å². The van der Waals surface area contributed by atoms with Gasteiger partial charge >= 0.3 is 0 Å². The van der Waals surface area contributed by atoms with Gasteiger partial charge < -0.3 is 4.74 Å². The van der Waals surface area contributed by atoms with Crippen molar-refractivity contribution in [3.05, 3.63) is 35.1 Å². The highest BCUT2D eigenvalue weighted by Crippen LogP contribution is 2.26. The molecule has 0 radical (unpaired) electrons. The number of carbonyl (C=O) groups excluding carboxylic acids is 1. The molecule has 0 aliphatic heterocycles. The maximum absolute atomic E-state index is 13.2. The lowest BCUT2D eigenvalue weighted by Crippen LogP contribution is -2.36. The number of ether oxygens (including phenoxy) is 1. The third-order valence-corrected chi connectivity index (χ3v) is 2.73. The maximum atomic E-state index is 13.2. The lowest BCUT2D eigenvalue weighted by atomic mass is 9.83. The fraction of sp³-hybridized carbons (Fsp3) is 0.500. The van der Waals surface area contributed by atoms with Gasteiger partial charge in [0.05, 0.1) is 0 Å². The van der Waals surface area contributed by atoms with Gasteiger partial charge in [0.15, 0.2) is 5.78 Å². The van der Waals surface area contributed by atoms with Crippen LogP contribution in [0.3, 0.4) is 0 Å². The van der Waals surface area contributed by atoms with Gasteiger partial charge in [0, 0.05) is 12.7 Å². The number of halogens is 1. The van der Waals surface area contributed by atoms with E-state index in [1.54, 1.807) is 13.0 Å². The number of methoxy groups -OCH3 is 1. The molecule has 1 aromatic carbocycles. The minimum atomic E-state index is -0.567. The van der Waals surface area contributed by atoms with E-state index >= 15 is 0 Å². The largest absolute Gasteiger partial charge is 0.373 e. The van der Waals surface area contributed by atoms with Crippen LogP contribution in [-0.2, 0) is 4.74 Å². The molecular formula is C14H19FO2. The third-order valence-electron chi connectivity index (χ3n) is 2.73. The summed E-state index contributed by atoms with van der Waals surface area (Å²) in [7, 11) is 1.50. The van der Waals surface area contributed by atoms with E-state index in [4.69, 9.17) is 4.74 Å². The van der Waals surface area contributed by atoms with Crippen LogP contribution in [0.5, 0.6) is 0 Å². The van der Waals surface area contributed by atoms with Crippen LogP contribution in [0, 0.1) is 18.2 Å². The smallest absolute Gasteiger partial charge is 0.192 e. The topological polar surface area (TPSA) is 26.3 Å². The molecule has 2 nitrogen and oxygen atoms in total. The van der Waals surface area contributed by atoms with Crippen LogP contribution in [0.2, 0.25) is 0 Å². The Labute approximate surface area is 102 Å². The van der Waals surface area contributed by atoms with E-state index in [0.717, 1.165) is 5.56 Å². The predicted molar refractivity (Wildman–Crippen MR) is 65.7 cm³/mol. The first-order valence-corrected chi connectivity index (χ1v) is 5.60. The number of Topliss-reactive ketones (excluding diaryl/α,β-unsaturated/α-hetero) is 1. The Morgan fingerprint density at radius 3 is 2.41 bits per heavy atom. The molecule has 0 N–H and O–H groups in total. The van der Waals surface area contributed by atoms with Crippen LogP contribution in [0.4, 0.5) is 4.39 Å². The zero-order valence-corrected chi connectivity index (χ0v) is 11.0. The molecule has 1 aromatic rings. The van der Waals surface area contributed by atoms with Gasteiger partial charge in [-0.1, -0.05) is 26.8 Å². The maximum Gasteiger partial charge on any atom is 0.192 e. The Morgan fingerprint density at radius 1 is 1.35 bits per heavy atom. The summed E-state index contributed by atoms with van der Waals surface area (Å²) in [5.41, 5.74) is 0.847. The highest BCUT2D eigenvalue weighted by molar-refractivity contribution is 6.01. The van der Waals surface area contributed by atoms with Crippen LogP contribution < -0.4 is 0 Å². The third kappa shape index (κ3) is 3.13. The molecule has 0 spiro atoms. The van der Waals surface area contributed by atoms with Crippen LogP contribution in [0.1, 0.15) is 36.7 Å². The molecule has 1 rings (SSSR count). The van der Waals surface area contributed by atoms with Crippen molar-refractivity contribution < 1.29 is 13.9 Å². The molecule has 1 unspecified atom stereocenters. The van der Waals surface area contributed by atoms with E-state index in [2.05, 4.69) is 0 Å². The average Bonchev–Trinajstić information content (AvgIpc) is 2.20. The zero-order chi connectivity index (χ0) is 13.2. The van der Waals surface area contributed by atoms with E-state index in [0.29, 0.717) is 5.56 Å². The van der Waals surface area contributed by atoms with Gasteiger partial charge in [-0.15, -0.1) is 0 Å². The first kappa shape index (κ1) is 13.8. The molecule has 0 aromatic heterocycles. The van der Waals surface area contributed by atoms with Gasteiger partial charge in [0.25, 0.3) is 0 Å². The van der Waals surface area contributed by atoms with Crippen molar-refractivity contribution in [1.29, 1.82) is 0 Å². The van der Waals surface area contributed by atoms with E-state index in [1.807, 2.05) is 20.8 Å². The van der Waals surface area contributed by atoms with Gasteiger partial charge in [-0.25, -0.2) is 4.39 Å². The summed E-state index contributed by atoms with van der Waals surface area (Å²) in [6.07, 6.45) is -0.567. The molecule has 0 amide bonds. The molecule has 0 heterocycles. The summed E-state index contributed by atoms with van der Waals surface area (Å²) in [5.74, 6) is -0.570. The second kappa shape index (κ2) is 4.96. The number of rotatable bonds is 3. The monoisotopic (exact) mass is 238 g/mol. The predicted octanol–water partition coefficient (Wildman–Crippen LogP) is 3.38. The van der Waals surface area contributed by atoms with Gasteiger partial charge in [0.2, 0.25) is 0 Å². The van der Waals surface area contributed by atoms with Crippen molar-refractivity contribution in [1.82, 2.24) is 0 Å². The lowest BCUT2D eigenvalue weighted by molar-refractivity contribution is 0.0195. The highest BCUT2D eigenvalue weighted by Gasteiger charge is 2.32. The van der Waals surface area contributed by atoms with Gasteiger partial charge in [-0.3, -0.25) is 4.79 Å². The van der Waals surface area contributed by atoms with Crippen molar-refractivity contribution >= 4 is 5.78 Å². The highest BCUT2D eigenvalue weighted by atomic mass is 19.1. The average molecular weight is 238 g/mol. The van der Waals surface area contributed by atoms with E-state index in [-0.39, 0.29) is 11.2 Å². The lowest BCUT2D eigenvalue weighted by Gasteiger charge is -2.28. The molecule has 0 aliphatic carbocycles. The fourth-order valence-electron chi connectivity index (χ4n) is 1.85. The second-order valence-corrected chi connectivity index (χ2v) is 5.31. The van der Waals surface area contributed by atoms with Crippen LogP contribution >= 0.6 is 0 Å². The molecule has 1 atom stereocenters. The van der Waals surface area contributed by atoms with Crippen LogP contribution in [0.15, 0.2) is 18.2 Å². The number of carbonyl (C=O) groups is 1. The van der Waals surface area contributed by atoms with E-state index in [9.17, 15) is 9.18 Å². The molecule has 0 saturated heterocycles. The number of aryl methyl sites for hydroxylation is 1. The van der Waals surface area contributed by atoms with Crippen molar-refractivity contribution in [3.8, 4) is 0 Å². The summed E-state index contributed by atoms with van der Waals surface area (Å²) >= 11 is 0. The summed E-state index contributed by atoms with van der Waals surface area (Å²) < 4.78 is 18.4. The molecule has 0 saturated carbocycles. The quantitative estimate of drug-likeness (QED) is 0.755. The Kier molecular flexibility index (Phi) is 4.04. The summed E-state index contributed by atoms with van der Waals surface area (Å²) in [6, 6.07) is 4.23. The van der Waals surface area contributed by atoms with Crippen molar-refractivity contribution in [2.45, 2.75) is 33.8 Å². The minimum Gasteiger partial charge on any atom is -0.373 e. The Balaban J connectivity index is 3.15. The van der Waals surface area contributed by atoms with Crippen molar-refractivity contribution in [2.75, 3.05) is 7.11 Å². The molecule has 0 fully saturated rings. The summed E-state index contributed by atoms with van der Waals surface area (Å²) in [6.45, 7) is 7.57.